The molecule has 3 atom stereocenters. The van der Waals surface area contributed by atoms with Crippen molar-refractivity contribution in [1.29, 1.82) is 0 Å². The van der Waals surface area contributed by atoms with E-state index in [0.717, 1.165) is 0 Å². The molecule has 24 heavy (non-hydrogen) atoms. The van der Waals surface area contributed by atoms with Crippen LogP contribution in [0.4, 0.5) is 0 Å². The predicted octanol–water partition coefficient (Wildman–Crippen LogP) is -1.88. The lowest BCUT2D eigenvalue weighted by Gasteiger charge is -2.21. The van der Waals surface area contributed by atoms with Crippen LogP contribution in [0, 0.1) is 0 Å². The normalized spacial score (nSPS) is 14.1. The first kappa shape index (κ1) is 21.3. The van der Waals surface area contributed by atoms with Crippen LogP contribution in [-0.2, 0) is 24.0 Å². The molecule has 0 saturated heterocycles. The highest BCUT2D eigenvalue weighted by molar-refractivity contribution is 5.92. The highest BCUT2D eigenvalue weighted by atomic mass is 16.4. The van der Waals surface area contributed by atoms with Crippen LogP contribution in [0.1, 0.15) is 32.6 Å². The van der Waals surface area contributed by atoms with Gasteiger partial charge < -0.3 is 31.7 Å². The van der Waals surface area contributed by atoms with Gasteiger partial charge in [-0.15, -0.1) is 0 Å². The molecule has 0 aliphatic heterocycles. The first-order chi connectivity index (χ1) is 11.0. The Morgan fingerprint density at radius 2 is 1.25 bits per heavy atom. The Labute approximate surface area is 137 Å². The van der Waals surface area contributed by atoms with Crippen LogP contribution < -0.4 is 16.4 Å². The van der Waals surface area contributed by atoms with E-state index in [2.05, 4.69) is 10.6 Å². The number of hydrogen-bond acceptors (Lipinski definition) is 6. The molecule has 0 aromatic carbocycles. The molecule has 2 amide bonds. The number of aliphatic carboxylic acids is 3. The minimum absolute atomic E-state index is 0.273. The molecule has 0 fully saturated rings. The first-order valence-corrected chi connectivity index (χ1v) is 7.07. The van der Waals surface area contributed by atoms with Crippen LogP contribution in [0.5, 0.6) is 0 Å². The molecule has 0 aliphatic carbocycles. The molecule has 11 nitrogen and oxygen atoms in total. The third kappa shape index (κ3) is 8.68. The van der Waals surface area contributed by atoms with Crippen molar-refractivity contribution in [1.82, 2.24) is 10.6 Å². The zero-order valence-corrected chi connectivity index (χ0v) is 13.0. The Bertz CT molecular complexity index is 505. The lowest BCUT2D eigenvalue weighted by molar-refractivity contribution is -0.144. The van der Waals surface area contributed by atoms with E-state index in [1.807, 2.05) is 0 Å². The molecule has 0 aromatic heterocycles. The molecule has 0 unspecified atom stereocenters. The Hall–Kier alpha value is -2.69. The molecule has 0 radical (unpaired) electrons. The number of hydrogen-bond donors (Lipinski definition) is 6. The highest BCUT2D eigenvalue weighted by Crippen LogP contribution is 2.03. The minimum atomic E-state index is -1.48. The van der Waals surface area contributed by atoms with Gasteiger partial charge in [0.1, 0.15) is 12.1 Å². The zero-order valence-electron chi connectivity index (χ0n) is 13.0. The molecule has 0 saturated carbocycles. The molecule has 136 valence electrons. The average Bonchev–Trinajstić information content (AvgIpc) is 2.46. The second-order valence-electron chi connectivity index (χ2n) is 5.11. The van der Waals surface area contributed by atoms with Crippen molar-refractivity contribution in [2.24, 2.45) is 5.73 Å². The summed E-state index contributed by atoms with van der Waals surface area (Å²) in [5.74, 6) is -5.52. The minimum Gasteiger partial charge on any atom is -0.481 e. The second-order valence-corrected chi connectivity index (χ2v) is 5.11. The molecule has 7 N–H and O–H groups in total. The molecule has 0 aromatic rings. The average molecular weight is 347 g/mol. The van der Waals surface area contributed by atoms with E-state index in [1.54, 1.807) is 0 Å². The van der Waals surface area contributed by atoms with Crippen molar-refractivity contribution in [3.8, 4) is 0 Å². The van der Waals surface area contributed by atoms with Crippen LogP contribution >= 0.6 is 0 Å². The van der Waals surface area contributed by atoms with Gasteiger partial charge in [0.05, 0.1) is 6.04 Å². The van der Waals surface area contributed by atoms with Crippen LogP contribution in [-0.4, -0.2) is 63.2 Å². The van der Waals surface area contributed by atoms with Crippen molar-refractivity contribution >= 4 is 29.7 Å². The van der Waals surface area contributed by atoms with E-state index in [1.165, 1.54) is 6.92 Å². The SMILES string of the molecule is C[C@H](N)C(=O)N[C@@H](CCC(=O)O)C(=O)N[C@@H](CCC(=O)O)C(=O)O. The largest absolute Gasteiger partial charge is 0.481 e. The van der Waals surface area contributed by atoms with Crippen LogP contribution in [0.2, 0.25) is 0 Å². The third-order valence-electron chi connectivity index (χ3n) is 2.95. The molecular formula is C13H21N3O8. The smallest absolute Gasteiger partial charge is 0.326 e. The summed E-state index contributed by atoms with van der Waals surface area (Å²) in [4.78, 5) is 55.9. The number of nitrogens with two attached hydrogens (primary N) is 1. The maximum atomic E-state index is 12.1. The Kier molecular flexibility index (Phi) is 9.02. The van der Waals surface area contributed by atoms with E-state index in [0.29, 0.717) is 0 Å². The summed E-state index contributed by atoms with van der Waals surface area (Å²) in [6.07, 6.45) is -1.55. The third-order valence-corrected chi connectivity index (χ3v) is 2.95. The van der Waals surface area contributed by atoms with E-state index in [-0.39, 0.29) is 12.8 Å². The number of carboxylic acids is 3. The number of carboxylic acid groups (broad SMARTS) is 3. The number of nitrogens with one attached hydrogen (secondary N) is 2. The fourth-order valence-electron chi connectivity index (χ4n) is 1.64. The van der Waals surface area contributed by atoms with Gasteiger partial charge in [-0.2, -0.15) is 0 Å². The monoisotopic (exact) mass is 347 g/mol. The van der Waals surface area contributed by atoms with Gasteiger partial charge in [0.2, 0.25) is 11.8 Å². The second kappa shape index (κ2) is 10.2. The van der Waals surface area contributed by atoms with Crippen molar-refractivity contribution in [3.05, 3.63) is 0 Å². The number of carbonyl (C=O) groups excluding carboxylic acids is 2. The summed E-state index contributed by atoms with van der Waals surface area (Å²) in [7, 11) is 0. The first-order valence-electron chi connectivity index (χ1n) is 7.07. The van der Waals surface area contributed by atoms with Crippen molar-refractivity contribution in [2.75, 3.05) is 0 Å². The van der Waals surface area contributed by atoms with Gasteiger partial charge in [-0.05, 0) is 19.8 Å². The topological polar surface area (TPSA) is 196 Å². The summed E-state index contributed by atoms with van der Waals surface area (Å²) in [5, 5.41) is 30.6. The van der Waals surface area contributed by atoms with Crippen LogP contribution in [0.25, 0.3) is 0 Å². The van der Waals surface area contributed by atoms with E-state index in [9.17, 15) is 24.0 Å². The maximum absolute atomic E-state index is 12.1. The Morgan fingerprint density at radius 1 is 0.833 bits per heavy atom. The van der Waals surface area contributed by atoms with Crippen molar-refractivity contribution in [2.45, 2.75) is 50.7 Å². The standard InChI is InChI=1S/C13H21N3O8/c1-6(14)11(21)15-7(2-4-9(17)18)12(22)16-8(13(23)24)3-5-10(19)20/h6-8H,2-5,14H2,1H3,(H,15,21)(H,16,22)(H,17,18)(H,19,20)(H,23,24)/t6-,7-,8-/m0/s1. The van der Waals surface area contributed by atoms with E-state index in [4.69, 9.17) is 21.1 Å². The van der Waals surface area contributed by atoms with Gasteiger partial charge in [-0.1, -0.05) is 0 Å². The van der Waals surface area contributed by atoms with Crippen LogP contribution in [0.3, 0.4) is 0 Å². The predicted molar refractivity (Wildman–Crippen MR) is 78.9 cm³/mol. The summed E-state index contributed by atoms with van der Waals surface area (Å²) < 4.78 is 0. The quantitative estimate of drug-likeness (QED) is 0.248. The van der Waals surface area contributed by atoms with Crippen LogP contribution in [0.15, 0.2) is 0 Å². The summed E-state index contributed by atoms with van der Waals surface area (Å²) in [5.41, 5.74) is 5.35. The fraction of sp³-hybridized carbons (Fsp3) is 0.615. The summed E-state index contributed by atoms with van der Waals surface area (Å²) in [6.45, 7) is 1.36. The van der Waals surface area contributed by atoms with Crippen molar-refractivity contribution < 1.29 is 39.3 Å². The van der Waals surface area contributed by atoms with Gasteiger partial charge >= 0.3 is 17.9 Å². The molecular weight excluding hydrogens is 326 g/mol. The Morgan fingerprint density at radius 3 is 1.62 bits per heavy atom. The maximum Gasteiger partial charge on any atom is 0.326 e. The van der Waals surface area contributed by atoms with Gasteiger partial charge in [-0.25, -0.2) is 4.79 Å². The lowest BCUT2D eigenvalue weighted by Crippen LogP contribution is -2.54. The molecule has 11 heteroatoms. The molecule has 0 rings (SSSR count). The van der Waals surface area contributed by atoms with E-state index < -0.39 is 60.7 Å². The Balaban J connectivity index is 4.97. The van der Waals surface area contributed by atoms with Gasteiger partial charge in [0.15, 0.2) is 0 Å². The number of rotatable bonds is 11. The molecule has 0 heterocycles. The molecule has 0 aliphatic rings. The van der Waals surface area contributed by atoms with E-state index >= 15 is 0 Å². The van der Waals surface area contributed by atoms with Gasteiger partial charge in [-0.3, -0.25) is 19.2 Å². The number of amides is 2. The van der Waals surface area contributed by atoms with Gasteiger partial charge in [0.25, 0.3) is 0 Å². The highest BCUT2D eigenvalue weighted by Gasteiger charge is 2.27. The van der Waals surface area contributed by atoms with Crippen molar-refractivity contribution in [3.63, 3.8) is 0 Å². The molecule has 0 spiro atoms. The molecule has 0 bridgehead atoms. The zero-order chi connectivity index (χ0) is 18.9. The fourth-order valence-corrected chi connectivity index (χ4v) is 1.64. The summed E-state index contributed by atoms with van der Waals surface area (Å²) in [6, 6.07) is -3.73. The number of carbonyl (C=O) groups is 5. The van der Waals surface area contributed by atoms with Gasteiger partial charge in [0, 0.05) is 12.8 Å². The lowest BCUT2D eigenvalue weighted by atomic mass is 10.1. The summed E-state index contributed by atoms with van der Waals surface area (Å²) >= 11 is 0.